The van der Waals surface area contributed by atoms with Gasteiger partial charge in [0.2, 0.25) is 0 Å². The number of nitriles is 1. The second-order valence-corrected chi connectivity index (χ2v) is 6.26. The van der Waals surface area contributed by atoms with Gasteiger partial charge in [0.15, 0.2) is 6.04 Å². The van der Waals surface area contributed by atoms with E-state index in [-0.39, 0.29) is 11.9 Å². The summed E-state index contributed by atoms with van der Waals surface area (Å²) in [4.78, 5) is 12.3. The van der Waals surface area contributed by atoms with E-state index in [9.17, 15) is 4.79 Å². The highest BCUT2D eigenvalue weighted by Gasteiger charge is 2.22. The lowest BCUT2D eigenvalue weighted by Crippen LogP contribution is -2.96. The molecule has 3 N–H and O–H groups in total. The first-order valence-electron chi connectivity index (χ1n) is 8.35. The highest BCUT2D eigenvalue weighted by atomic mass is 16.2. The molecule has 1 fully saturated rings. The summed E-state index contributed by atoms with van der Waals surface area (Å²) in [5.74, 6) is 0.0340. The number of carbonyl (C=O) groups is 1. The van der Waals surface area contributed by atoms with E-state index in [4.69, 9.17) is 5.26 Å². The number of amides is 1. The summed E-state index contributed by atoms with van der Waals surface area (Å²) in [6.45, 7) is 1.97. The van der Waals surface area contributed by atoms with E-state index < -0.39 is 0 Å². The Bertz CT molecular complexity index is 510. The maximum Gasteiger partial charge on any atom is 0.282 e. The van der Waals surface area contributed by atoms with Gasteiger partial charge in [-0.25, -0.2) is 0 Å². The molecule has 0 aliphatic heterocycles. The van der Waals surface area contributed by atoms with Gasteiger partial charge in [0, 0.05) is 5.69 Å². The van der Waals surface area contributed by atoms with Crippen LogP contribution in [0.3, 0.4) is 0 Å². The maximum absolute atomic E-state index is 12.3. The van der Waals surface area contributed by atoms with Gasteiger partial charge in [-0.05, 0) is 56.9 Å². The highest BCUT2D eigenvalue weighted by molar-refractivity contribution is 5.93. The molecule has 2 rings (SSSR count). The van der Waals surface area contributed by atoms with Crippen molar-refractivity contribution in [2.24, 2.45) is 0 Å². The first-order valence-corrected chi connectivity index (χ1v) is 8.35. The summed E-state index contributed by atoms with van der Waals surface area (Å²) in [5.41, 5.74) is 1.36. The molecule has 0 spiro atoms. The van der Waals surface area contributed by atoms with Crippen LogP contribution in [0.25, 0.3) is 0 Å². The molecule has 0 bridgehead atoms. The second kappa shape index (κ2) is 8.55. The fraction of sp³-hybridized carbons (Fsp3) is 0.556. The number of nitrogens with zero attached hydrogens (tertiary/aromatic N) is 1. The zero-order valence-corrected chi connectivity index (χ0v) is 13.3. The topological polar surface area (TPSA) is 69.5 Å². The summed E-state index contributed by atoms with van der Waals surface area (Å²) < 4.78 is 0. The summed E-state index contributed by atoms with van der Waals surface area (Å²) >= 11 is 0. The molecule has 1 amide bonds. The Hall–Kier alpha value is -1.86. The van der Waals surface area contributed by atoms with Gasteiger partial charge in [-0.2, -0.15) is 5.26 Å². The van der Waals surface area contributed by atoms with Crippen molar-refractivity contribution in [1.82, 2.24) is 0 Å². The number of rotatable bonds is 4. The average Bonchev–Trinajstić information content (AvgIpc) is 2.50. The molecule has 1 saturated carbocycles. The van der Waals surface area contributed by atoms with Gasteiger partial charge in [-0.3, -0.25) is 4.79 Å². The van der Waals surface area contributed by atoms with Gasteiger partial charge in [0.05, 0.1) is 17.7 Å². The Labute approximate surface area is 132 Å². The molecule has 22 heavy (non-hydrogen) atoms. The van der Waals surface area contributed by atoms with Crippen LogP contribution in [0.2, 0.25) is 0 Å². The number of hydrogen-bond acceptors (Lipinski definition) is 2. The Morgan fingerprint density at radius 3 is 2.36 bits per heavy atom. The third kappa shape index (κ3) is 5.16. The summed E-state index contributed by atoms with van der Waals surface area (Å²) in [7, 11) is 0. The first-order chi connectivity index (χ1) is 10.7. The second-order valence-electron chi connectivity index (χ2n) is 6.26. The fourth-order valence-electron chi connectivity index (χ4n) is 3.06. The molecule has 0 radical (unpaired) electrons. The molecule has 0 unspecified atom stereocenters. The van der Waals surface area contributed by atoms with Crippen LogP contribution in [0.5, 0.6) is 0 Å². The quantitative estimate of drug-likeness (QED) is 0.897. The lowest BCUT2D eigenvalue weighted by Gasteiger charge is -2.21. The highest BCUT2D eigenvalue weighted by Crippen LogP contribution is 2.15. The van der Waals surface area contributed by atoms with E-state index in [2.05, 4.69) is 16.7 Å². The van der Waals surface area contributed by atoms with Crippen molar-refractivity contribution >= 4 is 11.6 Å². The first kappa shape index (κ1) is 16.5. The molecule has 0 heterocycles. The minimum absolute atomic E-state index is 0.0340. The molecular weight excluding hydrogens is 274 g/mol. The molecule has 0 saturated heterocycles. The van der Waals surface area contributed by atoms with Crippen LogP contribution in [-0.2, 0) is 4.79 Å². The number of benzene rings is 1. The van der Waals surface area contributed by atoms with Crippen LogP contribution in [0.15, 0.2) is 24.3 Å². The minimum atomic E-state index is -0.0833. The van der Waals surface area contributed by atoms with E-state index in [1.165, 1.54) is 44.9 Å². The monoisotopic (exact) mass is 300 g/mol. The van der Waals surface area contributed by atoms with E-state index in [1.807, 2.05) is 6.92 Å². The lowest BCUT2D eigenvalue weighted by atomic mass is 9.96. The predicted molar refractivity (Wildman–Crippen MR) is 87.3 cm³/mol. The standard InChI is InChI=1S/C18H25N3O/c1-14(20-16-7-5-3-2-4-6-8-16)18(22)21-17-11-9-15(13-19)10-12-17/h9-12,14,16,20H,2-8H2,1H3,(H,21,22)/p+1/t14-/m1/s1. The third-order valence-electron chi connectivity index (χ3n) is 4.41. The van der Waals surface area contributed by atoms with Crippen LogP contribution in [0.1, 0.15) is 57.4 Å². The van der Waals surface area contributed by atoms with Crippen LogP contribution in [0, 0.1) is 11.3 Å². The number of quaternary nitrogens is 1. The molecule has 118 valence electrons. The van der Waals surface area contributed by atoms with Gasteiger partial charge in [-0.15, -0.1) is 0 Å². The van der Waals surface area contributed by atoms with Crippen LogP contribution >= 0.6 is 0 Å². The van der Waals surface area contributed by atoms with Crippen molar-refractivity contribution in [3.63, 3.8) is 0 Å². The molecular formula is C18H26N3O+. The van der Waals surface area contributed by atoms with Crippen molar-refractivity contribution in [3.8, 4) is 6.07 Å². The van der Waals surface area contributed by atoms with Crippen molar-refractivity contribution in [2.45, 2.75) is 64.0 Å². The zero-order valence-electron chi connectivity index (χ0n) is 13.3. The lowest BCUT2D eigenvalue weighted by molar-refractivity contribution is -0.707. The molecule has 1 atom stereocenters. The van der Waals surface area contributed by atoms with E-state index >= 15 is 0 Å². The Balaban J connectivity index is 1.83. The van der Waals surface area contributed by atoms with Crippen LogP contribution < -0.4 is 10.6 Å². The largest absolute Gasteiger partial charge is 0.334 e. The van der Waals surface area contributed by atoms with Crippen molar-refractivity contribution in [1.29, 1.82) is 5.26 Å². The summed E-state index contributed by atoms with van der Waals surface area (Å²) in [5, 5.41) is 13.9. The Kier molecular flexibility index (Phi) is 6.42. The number of anilines is 1. The Morgan fingerprint density at radius 2 is 1.77 bits per heavy atom. The molecule has 1 aromatic rings. The third-order valence-corrected chi connectivity index (χ3v) is 4.41. The predicted octanol–water partition coefficient (Wildman–Crippen LogP) is 2.56. The number of hydrogen-bond donors (Lipinski definition) is 2. The number of nitrogens with one attached hydrogen (secondary N) is 1. The van der Waals surface area contributed by atoms with Gasteiger partial charge in [0.25, 0.3) is 5.91 Å². The average molecular weight is 300 g/mol. The molecule has 4 heteroatoms. The zero-order chi connectivity index (χ0) is 15.8. The van der Waals surface area contributed by atoms with Crippen LogP contribution in [-0.4, -0.2) is 18.0 Å². The molecule has 1 aromatic carbocycles. The number of carbonyl (C=O) groups excluding carboxylic acids is 1. The summed E-state index contributed by atoms with van der Waals surface area (Å²) in [6.07, 6.45) is 9.02. The fourth-order valence-corrected chi connectivity index (χ4v) is 3.06. The van der Waals surface area contributed by atoms with Gasteiger partial charge < -0.3 is 10.6 Å². The summed E-state index contributed by atoms with van der Waals surface area (Å²) in [6, 6.07) is 9.56. The van der Waals surface area contributed by atoms with E-state index in [0.29, 0.717) is 11.6 Å². The Morgan fingerprint density at radius 1 is 1.18 bits per heavy atom. The van der Waals surface area contributed by atoms with Crippen molar-refractivity contribution in [3.05, 3.63) is 29.8 Å². The minimum Gasteiger partial charge on any atom is -0.334 e. The SMILES string of the molecule is C[C@@H]([NH2+]C1CCCCCCC1)C(=O)Nc1ccc(C#N)cc1. The maximum atomic E-state index is 12.3. The van der Waals surface area contributed by atoms with E-state index in [0.717, 1.165) is 5.69 Å². The number of nitrogens with two attached hydrogens (primary N) is 1. The van der Waals surface area contributed by atoms with Crippen molar-refractivity contribution < 1.29 is 10.1 Å². The molecule has 4 nitrogen and oxygen atoms in total. The van der Waals surface area contributed by atoms with E-state index in [1.54, 1.807) is 24.3 Å². The van der Waals surface area contributed by atoms with Crippen LogP contribution in [0.4, 0.5) is 5.69 Å². The normalized spacial score (nSPS) is 17.8. The van der Waals surface area contributed by atoms with Gasteiger partial charge in [-0.1, -0.05) is 19.3 Å². The van der Waals surface area contributed by atoms with Gasteiger partial charge >= 0.3 is 0 Å². The molecule has 1 aliphatic carbocycles. The van der Waals surface area contributed by atoms with Crippen molar-refractivity contribution in [2.75, 3.05) is 5.32 Å². The molecule has 0 aromatic heterocycles. The van der Waals surface area contributed by atoms with Gasteiger partial charge in [0.1, 0.15) is 0 Å². The molecule has 1 aliphatic rings. The smallest absolute Gasteiger partial charge is 0.282 e.